The molecule has 2 rings (SSSR count). The van der Waals surface area contributed by atoms with Gasteiger partial charge in [-0.05, 0) is 26.2 Å². The number of carbonyl (C=O) groups is 1. The van der Waals surface area contributed by atoms with E-state index in [-0.39, 0.29) is 5.91 Å². The number of piperazine rings is 1. The van der Waals surface area contributed by atoms with Gasteiger partial charge < -0.3 is 10.6 Å². The van der Waals surface area contributed by atoms with E-state index in [1.54, 1.807) is 0 Å². The van der Waals surface area contributed by atoms with Gasteiger partial charge in [0.2, 0.25) is 5.91 Å². The molecule has 0 aromatic heterocycles. The summed E-state index contributed by atoms with van der Waals surface area (Å²) >= 11 is 0. The molecule has 1 atom stereocenters. The lowest BCUT2D eigenvalue weighted by Gasteiger charge is -2.40. The highest BCUT2D eigenvalue weighted by atomic mass is 16.2. The lowest BCUT2D eigenvalue weighted by molar-refractivity contribution is -0.138. The zero-order valence-corrected chi connectivity index (χ0v) is 11.8. The summed E-state index contributed by atoms with van der Waals surface area (Å²) < 4.78 is 0. The fourth-order valence-electron chi connectivity index (χ4n) is 3.07. The lowest BCUT2D eigenvalue weighted by atomic mass is 9.98. The summed E-state index contributed by atoms with van der Waals surface area (Å²) in [6.07, 6.45) is 6.14. The molecule has 2 aliphatic rings. The van der Waals surface area contributed by atoms with Gasteiger partial charge in [0.15, 0.2) is 0 Å². The average molecular weight is 253 g/mol. The Morgan fingerprint density at radius 2 is 1.78 bits per heavy atom. The lowest BCUT2D eigenvalue weighted by Crippen LogP contribution is -2.58. The van der Waals surface area contributed by atoms with Gasteiger partial charge in [-0.15, -0.1) is 0 Å². The second kappa shape index (κ2) is 5.57. The van der Waals surface area contributed by atoms with Crippen LogP contribution in [0.25, 0.3) is 0 Å². The normalized spacial score (nSPS) is 26.3. The summed E-state index contributed by atoms with van der Waals surface area (Å²) in [4.78, 5) is 16.8. The highest BCUT2D eigenvalue weighted by molar-refractivity contribution is 5.85. The quantitative estimate of drug-likeness (QED) is 0.822. The third-order valence-electron chi connectivity index (χ3n) is 4.67. The van der Waals surface area contributed by atoms with Crippen LogP contribution in [0.15, 0.2) is 0 Å². The van der Waals surface area contributed by atoms with E-state index in [0.29, 0.717) is 6.42 Å². The van der Waals surface area contributed by atoms with E-state index in [1.807, 2.05) is 18.7 Å². The molecule has 2 fully saturated rings. The fraction of sp³-hybridized carbons (Fsp3) is 0.929. The molecule has 4 heteroatoms. The molecule has 1 aliphatic carbocycles. The van der Waals surface area contributed by atoms with Crippen LogP contribution in [0.2, 0.25) is 0 Å². The number of nitrogens with zero attached hydrogens (tertiary/aromatic N) is 2. The van der Waals surface area contributed by atoms with Gasteiger partial charge in [0.25, 0.3) is 0 Å². The van der Waals surface area contributed by atoms with Crippen molar-refractivity contribution < 1.29 is 4.79 Å². The number of carbonyl (C=O) groups excluding carboxylic acids is 1. The number of amides is 1. The molecule has 2 N–H and O–H groups in total. The Hall–Kier alpha value is -0.610. The van der Waals surface area contributed by atoms with E-state index in [4.69, 9.17) is 5.73 Å². The van der Waals surface area contributed by atoms with Crippen molar-refractivity contribution >= 4 is 5.91 Å². The number of rotatable bonds is 3. The summed E-state index contributed by atoms with van der Waals surface area (Å²) in [6.45, 7) is 7.57. The van der Waals surface area contributed by atoms with E-state index >= 15 is 0 Å². The van der Waals surface area contributed by atoms with Crippen LogP contribution < -0.4 is 5.73 Å². The minimum Gasteiger partial charge on any atom is -0.339 e. The van der Waals surface area contributed by atoms with E-state index in [2.05, 4.69) is 4.90 Å². The van der Waals surface area contributed by atoms with Gasteiger partial charge in [-0.1, -0.05) is 19.8 Å². The number of nitrogens with two attached hydrogens (primary N) is 1. The van der Waals surface area contributed by atoms with Crippen LogP contribution in [0.3, 0.4) is 0 Å². The van der Waals surface area contributed by atoms with Gasteiger partial charge in [-0.3, -0.25) is 9.69 Å². The Morgan fingerprint density at radius 1 is 1.22 bits per heavy atom. The molecule has 0 radical (unpaired) electrons. The Morgan fingerprint density at radius 3 is 2.28 bits per heavy atom. The summed E-state index contributed by atoms with van der Waals surface area (Å²) in [5.41, 5.74) is 5.36. The monoisotopic (exact) mass is 253 g/mol. The second-order valence-electron chi connectivity index (χ2n) is 6.04. The highest BCUT2D eigenvalue weighted by Gasteiger charge is 2.34. The Bertz CT molecular complexity index is 289. The van der Waals surface area contributed by atoms with Crippen LogP contribution >= 0.6 is 0 Å². The van der Waals surface area contributed by atoms with Gasteiger partial charge in [0, 0.05) is 32.2 Å². The molecule has 0 aromatic carbocycles. The second-order valence-corrected chi connectivity index (χ2v) is 6.04. The number of hydrogen-bond donors (Lipinski definition) is 1. The molecule has 1 unspecified atom stereocenters. The molecule has 1 heterocycles. The minimum absolute atomic E-state index is 0.121. The van der Waals surface area contributed by atoms with Crippen LogP contribution in [0, 0.1) is 0 Å². The van der Waals surface area contributed by atoms with Crippen LogP contribution in [-0.2, 0) is 4.79 Å². The Kier molecular flexibility index (Phi) is 4.28. The zero-order valence-electron chi connectivity index (χ0n) is 11.8. The predicted molar refractivity (Wildman–Crippen MR) is 73.3 cm³/mol. The van der Waals surface area contributed by atoms with Gasteiger partial charge in [-0.25, -0.2) is 0 Å². The largest absolute Gasteiger partial charge is 0.339 e. The SMILES string of the molecule is CCC(C)(N)C(=O)N1CCN(C2CCCC2)CC1. The topological polar surface area (TPSA) is 49.6 Å². The van der Waals surface area contributed by atoms with Crippen LogP contribution in [0.4, 0.5) is 0 Å². The van der Waals surface area contributed by atoms with Crippen LogP contribution in [0.1, 0.15) is 46.0 Å². The van der Waals surface area contributed by atoms with Crippen LogP contribution in [0.5, 0.6) is 0 Å². The first-order valence-electron chi connectivity index (χ1n) is 7.37. The molecule has 104 valence electrons. The van der Waals surface area contributed by atoms with Crippen molar-refractivity contribution in [3.63, 3.8) is 0 Å². The zero-order chi connectivity index (χ0) is 13.2. The molecule has 1 amide bonds. The van der Waals surface area contributed by atoms with Crippen molar-refractivity contribution in [2.45, 2.75) is 57.5 Å². The third kappa shape index (κ3) is 2.86. The molecule has 0 spiro atoms. The predicted octanol–water partition coefficient (Wildman–Crippen LogP) is 1.20. The van der Waals surface area contributed by atoms with Gasteiger partial charge >= 0.3 is 0 Å². The van der Waals surface area contributed by atoms with Crippen molar-refractivity contribution in [3.8, 4) is 0 Å². The fourth-order valence-corrected chi connectivity index (χ4v) is 3.07. The maximum absolute atomic E-state index is 12.3. The highest BCUT2D eigenvalue weighted by Crippen LogP contribution is 2.24. The van der Waals surface area contributed by atoms with E-state index in [9.17, 15) is 4.79 Å². The molecule has 0 bridgehead atoms. The molecule has 0 aromatic rings. The smallest absolute Gasteiger partial charge is 0.242 e. The molecule has 1 aliphatic heterocycles. The first-order chi connectivity index (χ1) is 8.54. The summed E-state index contributed by atoms with van der Waals surface area (Å²) in [7, 11) is 0. The summed E-state index contributed by atoms with van der Waals surface area (Å²) in [5.74, 6) is 0.121. The van der Waals surface area contributed by atoms with Crippen LogP contribution in [-0.4, -0.2) is 53.5 Å². The van der Waals surface area contributed by atoms with Crippen molar-refractivity contribution in [2.24, 2.45) is 5.73 Å². The summed E-state index contributed by atoms with van der Waals surface area (Å²) in [5, 5.41) is 0. The Balaban J connectivity index is 1.84. The molecular formula is C14H27N3O. The van der Waals surface area contributed by atoms with Crippen molar-refractivity contribution in [1.29, 1.82) is 0 Å². The Labute approximate surface area is 110 Å². The molecule has 4 nitrogen and oxygen atoms in total. The van der Waals surface area contributed by atoms with Gasteiger partial charge in [0.1, 0.15) is 0 Å². The van der Waals surface area contributed by atoms with Crippen molar-refractivity contribution in [3.05, 3.63) is 0 Å². The molecule has 18 heavy (non-hydrogen) atoms. The summed E-state index contributed by atoms with van der Waals surface area (Å²) in [6, 6.07) is 0.776. The van der Waals surface area contributed by atoms with E-state index < -0.39 is 5.54 Å². The maximum atomic E-state index is 12.3. The first-order valence-corrected chi connectivity index (χ1v) is 7.37. The first kappa shape index (κ1) is 13.8. The standard InChI is InChI=1S/C14H27N3O/c1-3-14(2,15)13(18)17-10-8-16(9-11-17)12-6-4-5-7-12/h12H,3-11,15H2,1-2H3. The molecule has 1 saturated heterocycles. The van der Waals surface area contributed by atoms with Gasteiger partial charge in [0.05, 0.1) is 5.54 Å². The van der Waals surface area contributed by atoms with Gasteiger partial charge in [-0.2, -0.15) is 0 Å². The van der Waals surface area contributed by atoms with Crippen molar-refractivity contribution in [1.82, 2.24) is 9.80 Å². The maximum Gasteiger partial charge on any atom is 0.242 e. The van der Waals surface area contributed by atoms with Crippen molar-refractivity contribution in [2.75, 3.05) is 26.2 Å². The molecule has 1 saturated carbocycles. The van der Waals surface area contributed by atoms with E-state index in [0.717, 1.165) is 32.2 Å². The van der Waals surface area contributed by atoms with E-state index in [1.165, 1.54) is 25.7 Å². The number of hydrogen-bond acceptors (Lipinski definition) is 3. The minimum atomic E-state index is -0.685. The third-order valence-corrected chi connectivity index (χ3v) is 4.67. The molecular weight excluding hydrogens is 226 g/mol. The average Bonchev–Trinajstić information content (AvgIpc) is 2.92.